The van der Waals surface area contributed by atoms with Gasteiger partial charge in [-0.1, -0.05) is 6.92 Å². The zero-order valence-electron chi connectivity index (χ0n) is 13.9. The molecule has 0 amide bonds. The van der Waals surface area contributed by atoms with Gasteiger partial charge in [-0.15, -0.1) is 11.3 Å². The Kier molecular flexibility index (Phi) is 6.45. The Labute approximate surface area is 137 Å². The van der Waals surface area contributed by atoms with Gasteiger partial charge in [-0.05, 0) is 20.4 Å². The molecule has 6 nitrogen and oxygen atoms in total. The summed E-state index contributed by atoms with van der Waals surface area (Å²) in [6, 6.07) is 0.596. The van der Waals surface area contributed by atoms with E-state index in [4.69, 9.17) is 5.73 Å². The first-order valence-corrected chi connectivity index (χ1v) is 8.89. The molecule has 0 radical (unpaired) electrons. The lowest BCUT2D eigenvalue weighted by Gasteiger charge is -2.35. The highest BCUT2D eigenvalue weighted by Crippen LogP contribution is 2.18. The second-order valence-corrected chi connectivity index (χ2v) is 6.64. The molecule has 1 atom stereocenters. The largest absolute Gasteiger partial charge is 0.370 e. The molecule has 1 aliphatic heterocycles. The molecular formula is C15H28N6S. The molecule has 1 aromatic heterocycles. The minimum absolute atomic E-state index is 0.596. The van der Waals surface area contributed by atoms with E-state index in [2.05, 4.69) is 45.6 Å². The highest BCUT2D eigenvalue weighted by molar-refractivity contribution is 7.13. The third kappa shape index (κ3) is 4.58. The van der Waals surface area contributed by atoms with Gasteiger partial charge in [-0.2, -0.15) is 0 Å². The van der Waals surface area contributed by atoms with Crippen molar-refractivity contribution in [3.05, 3.63) is 11.6 Å². The Hall–Kier alpha value is -1.34. The first-order chi connectivity index (χ1) is 10.6. The first-order valence-electron chi connectivity index (χ1n) is 8.01. The topological polar surface area (TPSA) is 61.0 Å². The van der Waals surface area contributed by atoms with Crippen LogP contribution in [-0.2, 0) is 0 Å². The molecule has 1 saturated heterocycles. The van der Waals surface area contributed by atoms with Crippen molar-refractivity contribution in [2.75, 3.05) is 51.2 Å². The summed E-state index contributed by atoms with van der Waals surface area (Å²) in [6.45, 7) is 9.90. The normalized spacial score (nSPS) is 18.1. The standard InChI is InChI=1S/C15H28N6S/c1-4-13(2)19(3)7-5-17-14(16)20-8-10-21(11-9-20)15-18-6-12-22-15/h6,12-13H,4-5,7-11H2,1-3H3,(H2,16,17). The predicted octanol–water partition coefficient (Wildman–Crippen LogP) is 1.31. The van der Waals surface area contributed by atoms with E-state index in [-0.39, 0.29) is 0 Å². The van der Waals surface area contributed by atoms with Crippen molar-refractivity contribution in [2.45, 2.75) is 26.3 Å². The highest BCUT2D eigenvalue weighted by Gasteiger charge is 2.19. The average Bonchev–Trinajstić information content (AvgIpc) is 3.08. The molecule has 1 unspecified atom stereocenters. The summed E-state index contributed by atoms with van der Waals surface area (Å²) in [6.07, 6.45) is 3.02. The molecule has 124 valence electrons. The van der Waals surface area contributed by atoms with Crippen molar-refractivity contribution in [3.8, 4) is 0 Å². The number of hydrogen-bond donors (Lipinski definition) is 1. The van der Waals surface area contributed by atoms with Crippen molar-refractivity contribution in [2.24, 2.45) is 10.7 Å². The first kappa shape index (κ1) is 17.0. The van der Waals surface area contributed by atoms with Crippen LogP contribution in [0.2, 0.25) is 0 Å². The molecule has 0 bridgehead atoms. The Bertz CT molecular complexity index is 453. The van der Waals surface area contributed by atoms with E-state index in [1.54, 1.807) is 11.3 Å². The fraction of sp³-hybridized carbons (Fsp3) is 0.733. The smallest absolute Gasteiger partial charge is 0.191 e. The van der Waals surface area contributed by atoms with E-state index < -0.39 is 0 Å². The number of rotatable bonds is 6. The molecule has 2 N–H and O–H groups in total. The van der Waals surface area contributed by atoms with Gasteiger partial charge in [0, 0.05) is 50.3 Å². The fourth-order valence-electron chi connectivity index (χ4n) is 2.45. The van der Waals surface area contributed by atoms with Crippen LogP contribution in [0.3, 0.4) is 0 Å². The van der Waals surface area contributed by atoms with E-state index >= 15 is 0 Å². The number of thiazole rings is 1. The van der Waals surface area contributed by atoms with Gasteiger partial charge in [-0.3, -0.25) is 4.99 Å². The maximum absolute atomic E-state index is 6.13. The molecule has 0 spiro atoms. The Morgan fingerprint density at radius 3 is 2.77 bits per heavy atom. The summed E-state index contributed by atoms with van der Waals surface area (Å²) in [5, 5.41) is 3.12. The van der Waals surface area contributed by atoms with E-state index in [1.165, 1.54) is 0 Å². The maximum atomic E-state index is 6.13. The van der Waals surface area contributed by atoms with Crippen LogP contribution in [0.5, 0.6) is 0 Å². The lowest BCUT2D eigenvalue weighted by atomic mass is 10.2. The van der Waals surface area contributed by atoms with Gasteiger partial charge in [0.25, 0.3) is 0 Å². The summed E-state index contributed by atoms with van der Waals surface area (Å²) in [5.74, 6) is 0.677. The number of nitrogens with two attached hydrogens (primary N) is 1. The number of nitrogens with zero attached hydrogens (tertiary/aromatic N) is 5. The molecule has 1 aliphatic rings. The van der Waals surface area contributed by atoms with E-state index in [0.29, 0.717) is 12.0 Å². The summed E-state index contributed by atoms with van der Waals surface area (Å²) in [4.78, 5) is 15.7. The average molecular weight is 324 g/mol. The maximum Gasteiger partial charge on any atom is 0.191 e. The van der Waals surface area contributed by atoms with Gasteiger partial charge in [0.1, 0.15) is 0 Å². The zero-order valence-corrected chi connectivity index (χ0v) is 14.7. The summed E-state index contributed by atoms with van der Waals surface area (Å²) >= 11 is 1.69. The number of aliphatic imine (C=N–C) groups is 1. The summed E-state index contributed by atoms with van der Waals surface area (Å²) < 4.78 is 0. The van der Waals surface area contributed by atoms with Crippen LogP contribution >= 0.6 is 11.3 Å². The molecule has 1 fully saturated rings. The summed E-state index contributed by atoms with van der Waals surface area (Å²) in [5.41, 5.74) is 6.13. The van der Waals surface area contributed by atoms with E-state index in [9.17, 15) is 0 Å². The van der Waals surface area contributed by atoms with Crippen LogP contribution < -0.4 is 10.6 Å². The monoisotopic (exact) mass is 324 g/mol. The molecule has 0 aliphatic carbocycles. The molecule has 2 heterocycles. The van der Waals surface area contributed by atoms with Crippen molar-refractivity contribution in [1.82, 2.24) is 14.8 Å². The molecule has 1 aromatic rings. The lowest BCUT2D eigenvalue weighted by Crippen LogP contribution is -2.51. The number of aromatic nitrogens is 1. The van der Waals surface area contributed by atoms with Crippen LogP contribution in [-0.4, -0.2) is 73.1 Å². The SMILES string of the molecule is CCC(C)N(C)CCN=C(N)N1CCN(c2nccs2)CC1. The molecular weight excluding hydrogens is 296 g/mol. The van der Waals surface area contributed by atoms with Crippen molar-refractivity contribution < 1.29 is 0 Å². The third-order valence-electron chi connectivity index (χ3n) is 4.36. The Morgan fingerprint density at radius 1 is 1.45 bits per heavy atom. The van der Waals surface area contributed by atoms with Crippen molar-refractivity contribution in [3.63, 3.8) is 0 Å². The van der Waals surface area contributed by atoms with Crippen LogP contribution in [0.4, 0.5) is 5.13 Å². The molecule has 0 aromatic carbocycles. The van der Waals surface area contributed by atoms with Crippen LogP contribution in [0.1, 0.15) is 20.3 Å². The molecule has 2 rings (SSSR count). The zero-order chi connectivity index (χ0) is 15.9. The number of piperazine rings is 1. The minimum Gasteiger partial charge on any atom is -0.370 e. The molecule has 22 heavy (non-hydrogen) atoms. The second kappa shape index (κ2) is 8.33. The van der Waals surface area contributed by atoms with E-state index in [0.717, 1.165) is 50.8 Å². The predicted molar refractivity (Wildman–Crippen MR) is 94.8 cm³/mol. The van der Waals surface area contributed by atoms with Gasteiger partial charge < -0.3 is 20.4 Å². The third-order valence-corrected chi connectivity index (χ3v) is 5.20. The Balaban J connectivity index is 1.74. The lowest BCUT2D eigenvalue weighted by molar-refractivity contribution is 0.258. The fourth-order valence-corrected chi connectivity index (χ4v) is 3.15. The van der Waals surface area contributed by atoms with Crippen molar-refractivity contribution >= 4 is 22.4 Å². The van der Waals surface area contributed by atoms with Crippen molar-refractivity contribution in [1.29, 1.82) is 0 Å². The molecule has 0 saturated carbocycles. The van der Waals surface area contributed by atoms with Gasteiger partial charge in [0.2, 0.25) is 0 Å². The van der Waals surface area contributed by atoms with E-state index in [1.807, 2.05) is 11.6 Å². The van der Waals surface area contributed by atoms with Gasteiger partial charge in [-0.25, -0.2) is 4.98 Å². The summed E-state index contributed by atoms with van der Waals surface area (Å²) in [7, 11) is 2.15. The Morgan fingerprint density at radius 2 is 2.18 bits per heavy atom. The quantitative estimate of drug-likeness (QED) is 0.631. The molecule has 7 heteroatoms. The second-order valence-electron chi connectivity index (χ2n) is 5.77. The number of likely N-dealkylation sites (N-methyl/N-ethyl adjacent to an activating group) is 1. The van der Waals surface area contributed by atoms with Crippen LogP contribution in [0.25, 0.3) is 0 Å². The number of guanidine groups is 1. The minimum atomic E-state index is 0.596. The van der Waals surface area contributed by atoms with Crippen LogP contribution in [0, 0.1) is 0 Å². The number of anilines is 1. The highest BCUT2D eigenvalue weighted by atomic mass is 32.1. The van der Waals surface area contributed by atoms with Gasteiger partial charge in [0.05, 0.1) is 6.54 Å². The number of hydrogen-bond acceptors (Lipinski definition) is 5. The van der Waals surface area contributed by atoms with Gasteiger partial charge in [0.15, 0.2) is 11.1 Å². The van der Waals surface area contributed by atoms with Crippen LogP contribution in [0.15, 0.2) is 16.6 Å². The van der Waals surface area contributed by atoms with Gasteiger partial charge >= 0.3 is 0 Å².